The van der Waals surface area contributed by atoms with E-state index in [0.717, 1.165) is 16.7 Å². The van der Waals surface area contributed by atoms with Crippen LogP contribution in [0, 0.1) is 0 Å². The standard InChI is InChI=1S/C22H30NO4P/c1-6-19(13-17-9-8-12-23-15-17)28(25,26-7-2)27-16-18-10-11-21(24)20(14-18)22(3,4)5/h8-15,24H,6-7,16H2,1-5H3/b19-13+. The van der Waals surface area contributed by atoms with Crippen molar-refractivity contribution in [2.45, 2.75) is 53.1 Å². The van der Waals surface area contributed by atoms with Crippen molar-refractivity contribution in [3.63, 3.8) is 0 Å². The third-order valence-corrected chi connectivity index (χ3v) is 6.52. The Morgan fingerprint density at radius 2 is 1.96 bits per heavy atom. The lowest BCUT2D eigenvalue weighted by atomic mass is 9.85. The molecule has 28 heavy (non-hydrogen) atoms. The second-order valence-corrected chi connectivity index (χ2v) is 9.65. The number of allylic oxidation sites excluding steroid dienone is 1. The Morgan fingerprint density at radius 3 is 2.54 bits per heavy atom. The maximum absolute atomic E-state index is 13.5. The van der Waals surface area contributed by atoms with Crippen LogP contribution in [0.2, 0.25) is 0 Å². The van der Waals surface area contributed by atoms with E-state index in [0.29, 0.717) is 11.7 Å². The first-order valence-electron chi connectivity index (χ1n) is 9.52. The largest absolute Gasteiger partial charge is 0.508 e. The Balaban J connectivity index is 2.29. The van der Waals surface area contributed by atoms with Gasteiger partial charge in [-0.25, -0.2) is 0 Å². The van der Waals surface area contributed by atoms with Gasteiger partial charge in [0.2, 0.25) is 0 Å². The van der Waals surface area contributed by atoms with Crippen LogP contribution < -0.4 is 0 Å². The fourth-order valence-electron chi connectivity index (χ4n) is 2.83. The Morgan fingerprint density at radius 1 is 1.21 bits per heavy atom. The molecule has 0 saturated heterocycles. The summed E-state index contributed by atoms with van der Waals surface area (Å²) in [5.74, 6) is 0.245. The van der Waals surface area contributed by atoms with E-state index in [-0.39, 0.29) is 24.4 Å². The van der Waals surface area contributed by atoms with Crippen LogP contribution in [-0.2, 0) is 25.6 Å². The van der Waals surface area contributed by atoms with Gasteiger partial charge in [-0.15, -0.1) is 0 Å². The average molecular weight is 403 g/mol. The molecule has 1 heterocycles. The molecule has 2 aromatic rings. The van der Waals surface area contributed by atoms with Gasteiger partial charge in [0.1, 0.15) is 5.75 Å². The minimum Gasteiger partial charge on any atom is -0.508 e. The van der Waals surface area contributed by atoms with E-state index < -0.39 is 7.60 Å². The van der Waals surface area contributed by atoms with Crippen molar-refractivity contribution in [2.24, 2.45) is 0 Å². The number of nitrogens with zero attached hydrogens (tertiary/aromatic N) is 1. The maximum atomic E-state index is 13.5. The van der Waals surface area contributed by atoms with E-state index in [1.165, 1.54) is 0 Å². The van der Waals surface area contributed by atoms with Crippen molar-refractivity contribution >= 4 is 13.7 Å². The molecule has 0 radical (unpaired) electrons. The van der Waals surface area contributed by atoms with Gasteiger partial charge in [0.15, 0.2) is 0 Å². The summed E-state index contributed by atoms with van der Waals surface area (Å²) in [5.41, 5.74) is 2.29. The van der Waals surface area contributed by atoms with Gasteiger partial charge in [-0.3, -0.25) is 9.55 Å². The molecule has 0 bridgehead atoms. The number of hydrogen-bond acceptors (Lipinski definition) is 5. The predicted octanol–water partition coefficient (Wildman–Crippen LogP) is 6.28. The summed E-state index contributed by atoms with van der Waals surface area (Å²) < 4.78 is 24.9. The number of rotatable bonds is 8. The van der Waals surface area contributed by atoms with Crippen molar-refractivity contribution in [3.05, 3.63) is 64.7 Å². The number of phenols is 1. The average Bonchev–Trinajstić information content (AvgIpc) is 2.65. The van der Waals surface area contributed by atoms with Gasteiger partial charge in [0, 0.05) is 17.7 Å². The summed E-state index contributed by atoms with van der Waals surface area (Å²) in [6, 6.07) is 9.04. The molecule has 1 atom stereocenters. The molecule has 5 nitrogen and oxygen atoms in total. The fraction of sp³-hybridized carbons (Fsp3) is 0.409. The Kier molecular flexibility index (Phi) is 7.59. The number of benzene rings is 1. The van der Waals surface area contributed by atoms with Crippen LogP contribution in [0.3, 0.4) is 0 Å². The molecule has 0 aliphatic carbocycles. The van der Waals surface area contributed by atoms with Crippen molar-refractivity contribution in [1.82, 2.24) is 4.98 Å². The zero-order chi connectivity index (χ0) is 20.8. The van der Waals surface area contributed by atoms with Gasteiger partial charge in [-0.1, -0.05) is 39.8 Å². The minimum atomic E-state index is -3.46. The lowest BCUT2D eigenvalue weighted by molar-refractivity contribution is 0.210. The third-order valence-electron chi connectivity index (χ3n) is 4.30. The third kappa shape index (κ3) is 5.78. The lowest BCUT2D eigenvalue weighted by Crippen LogP contribution is -2.12. The topological polar surface area (TPSA) is 68.7 Å². The SMILES string of the molecule is CCOP(=O)(OCc1ccc(O)c(C(C)(C)C)c1)/C(=C/c1cccnc1)CC. The summed E-state index contributed by atoms with van der Waals surface area (Å²) in [6.07, 6.45) is 5.76. The van der Waals surface area contributed by atoms with Crippen molar-refractivity contribution in [2.75, 3.05) is 6.61 Å². The highest BCUT2D eigenvalue weighted by Crippen LogP contribution is 2.58. The van der Waals surface area contributed by atoms with E-state index in [2.05, 4.69) is 4.98 Å². The van der Waals surface area contributed by atoms with E-state index in [9.17, 15) is 9.67 Å². The lowest BCUT2D eigenvalue weighted by Gasteiger charge is -2.23. The summed E-state index contributed by atoms with van der Waals surface area (Å²) in [4.78, 5) is 4.09. The molecule has 0 spiro atoms. The van der Waals surface area contributed by atoms with Crippen LogP contribution in [-0.4, -0.2) is 16.7 Å². The molecule has 152 valence electrons. The molecule has 1 aromatic carbocycles. The van der Waals surface area contributed by atoms with Gasteiger partial charge in [0.25, 0.3) is 0 Å². The molecule has 0 aliphatic rings. The zero-order valence-corrected chi connectivity index (χ0v) is 18.2. The molecular formula is C22H30NO4P. The highest BCUT2D eigenvalue weighted by Gasteiger charge is 2.29. The summed E-state index contributed by atoms with van der Waals surface area (Å²) in [5, 5.41) is 10.7. The minimum absolute atomic E-state index is 0.130. The molecular weight excluding hydrogens is 373 g/mol. The van der Waals surface area contributed by atoms with E-state index in [1.54, 1.807) is 31.5 Å². The van der Waals surface area contributed by atoms with Gasteiger partial charge in [-0.2, -0.15) is 0 Å². The summed E-state index contributed by atoms with van der Waals surface area (Å²) >= 11 is 0. The fourth-order valence-corrected chi connectivity index (χ4v) is 4.59. The molecule has 1 aromatic heterocycles. The Hall–Kier alpha value is -1.94. The first-order valence-corrected chi connectivity index (χ1v) is 11.1. The Bertz CT molecular complexity index is 857. The first kappa shape index (κ1) is 22.4. The molecule has 1 N–H and O–H groups in total. The van der Waals surface area contributed by atoms with Crippen molar-refractivity contribution in [1.29, 1.82) is 0 Å². The highest BCUT2D eigenvalue weighted by molar-refractivity contribution is 7.58. The van der Waals surface area contributed by atoms with Gasteiger partial charge in [0.05, 0.1) is 13.2 Å². The monoisotopic (exact) mass is 403 g/mol. The number of aromatic hydroxyl groups is 1. The summed E-state index contributed by atoms with van der Waals surface area (Å²) in [6.45, 7) is 10.2. The van der Waals surface area contributed by atoms with Crippen molar-refractivity contribution < 1.29 is 18.7 Å². The van der Waals surface area contributed by atoms with Gasteiger partial charge >= 0.3 is 7.60 Å². The number of phenolic OH excluding ortho intramolecular Hbond substituents is 1. The van der Waals surface area contributed by atoms with Gasteiger partial charge < -0.3 is 14.2 Å². The van der Waals surface area contributed by atoms with Crippen LogP contribution in [0.1, 0.15) is 57.7 Å². The molecule has 6 heteroatoms. The first-order chi connectivity index (χ1) is 13.2. The van der Waals surface area contributed by atoms with Gasteiger partial charge in [-0.05, 0) is 59.7 Å². The molecule has 0 aliphatic heterocycles. The predicted molar refractivity (Wildman–Crippen MR) is 113 cm³/mol. The van der Waals surface area contributed by atoms with Crippen LogP contribution in [0.25, 0.3) is 6.08 Å². The smallest absolute Gasteiger partial charge is 0.357 e. The van der Waals surface area contributed by atoms with Crippen LogP contribution in [0.15, 0.2) is 48.0 Å². The van der Waals surface area contributed by atoms with E-state index in [1.807, 2.05) is 52.0 Å². The van der Waals surface area contributed by atoms with E-state index in [4.69, 9.17) is 9.05 Å². The summed E-state index contributed by atoms with van der Waals surface area (Å²) in [7, 11) is -3.46. The van der Waals surface area contributed by atoms with Crippen molar-refractivity contribution in [3.8, 4) is 5.75 Å². The van der Waals surface area contributed by atoms with Crippen LogP contribution in [0.5, 0.6) is 5.75 Å². The number of aromatic nitrogens is 1. The molecule has 2 rings (SSSR count). The quantitative estimate of drug-likeness (QED) is 0.525. The van der Waals surface area contributed by atoms with Crippen LogP contribution in [0.4, 0.5) is 0 Å². The number of hydrogen-bond donors (Lipinski definition) is 1. The zero-order valence-electron chi connectivity index (χ0n) is 17.3. The Labute approximate surface area is 168 Å². The molecule has 0 fully saturated rings. The van der Waals surface area contributed by atoms with E-state index >= 15 is 0 Å². The molecule has 0 amide bonds. The van der Waals surface area contributed by atoms with Crippen LogP contribution >= 0.6 is 7.60 Å². The molecule has 1 unspecified atom stereocenters. The normalized spacial score (nSPS) is 14.7. The molecule has 0 saturated carbocycles. The second kappa shape index (κ2) is 9.51. The maximum Gasteiger partial charge on any atom is 0.357 e. The highest BCUT2D eigenvalue weighted by atomic mass is 31.2. The number of pyridine rings is 1. The second-order valence-electron chi connectivity index (χ2n) is 7.57.